The summed E-state index contributed by atoms with van der Waals surface area (Å²) in [6, 6.07) is 0. The molecule has 0 heterocycles. The van der Waals surface area contributed by atoms with Crippen LogP contribution in [0.15, 0.2) is 0 Å². The maximum absolute atomic E-state index is 9.73. The zero-order valence-electron chi connectivity index (χ0n) is 9.37. The van der Waals surface area contributed by atoms with Crippen LogP contribution in [0.5, 0.6) is 0 Å². The summed E-state index contributed by atoms with van der Waals surface area (Å²) < 4.78 is 0. The van der Waals surface area contributed by atoms with Crippen molar-refractivity contribution < 1.29 is 15.3 Å². The molecule has 2 atom stereocenters. The van der Waals surface area contributed by atoms with Gasteiger partial charge >= 0.3 is 0 Å². The van der Waals surface area contributed by atoms with E-state index in [1.165, 1.54) is 19.3 Å². The Bertz CT molecular complexity index is 134. The number of hydrogen-bond donors (Lipinski definition) is 3. The quantitative estimate of drug-likeness (QED) is 0.524. The van der Waals surface area contributed by atoms with Crippen LogP contribution in [-0.4, -0.2) is 33.6 Å². The molecule has 14 heavy (non-hydrogen) atoms. The lowest BCUT2D eigenvalue weighted by atomic mass is 9.92. The first kappa shape index (κ1) is 13.9. The van der Waals surface area contributed by atoms with E-state index in [0.29, 0.717) is 6.42 Å². The van der Waals surface area contributed by atoms with Crippen molar-refractivity contribution in [1.29, 1.82) is 0 Å². The molecule has 0 rings (SSSR count). The van der Waals surface area contributed by atoms with Crippen LogP contribution in [0.2, 0.25) is 0 Å². The highest BCUT2D eigenvalue weighted by Crippen LogP contribution is 2.19. The van der Waals surface area contributed by atoms with E-state index in [9.17, 15) is 10.2 Å². The van der Waals surface area contributed by atoms with Crippen LogP contribution in [0.25, 0.3) is 0 Å². The molecule has 0 bridgehead atoms. The van der Waals surface area contributed by atoms with Crippen molar-refractivity contribution in [1.82, 2.24) is 0 Å². The molecular formula is C11H24O3. The van der Waals surface area contributed by atoms with Crippen LogP contribution in [-0.2, 0) is 0 Å². The van der Waals surface area contributed by atoms with E-state index in [0.717, 1.165) is 12.8 Å². The van der Waals surface area contributed by atoms with Crippen molar-refractivity contribution in [3.8, 4) is 0 Å². The Morgan fingerprint density at radius 2 is 1.71 bits per heavy atom. The zero-order chi connectivity index (χ0) is 11.0. The third-order valence-electron chi connectivity index (χ3n) is 2.68. The predicted molar refractivity (Wildman–Crippen MR) is 57.1 cm³/mol. The summed E-state index contributed by atoms with van der Waals surface area (Å²) in [6.07, 6.45) is 5.14. The lowest BCUT2D eigenvalue weighted by Crippen LogP contribution is -2.41. The maximum atomic E-state index is 9.73. The second kappa shape index (κ2) is 7.21. The standard InChI is InChI=1S/C11H24O3/c1-3-4-5-6-7-8-11(2,14)10(13)9-12/h10,12-14H,3-9H2,1-2H3. The van der Waals surface area contributed by atoms with Gasteiger partial charge in [0.1, 0.15) is 6.10 Å². The molecule has 0 radical (unpaired) electrons. The van der Waals surface area contributed by atoms with Gasteiger partial charge in [-0.3, -0.25) is 0 Å². The number of rotatable bonds is 8. The fraction of sp³-hybridized carbons (Fsp3) is 1.00. The summed E-state index contributed by atoms with van der Waals surface area (Å²) in [5.74, 6) is 0. The minimum Gasteiger partial charge on any atom is -0.394 e. The van der Waals surface area contributed by atoms with E-state index in [1.54, 1.807) is 6.92 Å². The Morgan fingerprint density at radius 3 is 2.21 bits per heavy atom. The second-order valence-corrected chi connectivity index (χ2v) is 4.22. The van der Waals surface area contributed by atoms with Gasteiger partial charge in [0.2, 0.25) is 0 Å². The van der Waals surface area contributed by atoms with Crippen molar-refractivity contribution in [2.45, 2.75) is 64.1 Å². The summed E-state index contributed by atoms with van der Waals surface area (Å²) in [7, 11) is 0. The van der Waals surface area contributed by atoms with Crippen LogP contribution in [0.3, 0.4) is 0 Å². The normalized spacial score (nSPS) is 17.8. The molecule has 0 aromatic rings. The Labute approximate surface area is 86.8 Å². The van der Waals surface area contributed by atoms with E-state index in [-0.39, 0.29) is 6.61 Å². The molecule has 0 aromatic carbocycles. The second-order valence-electron chi connectivity index (χ2n) is 4.22. The molecule has 0 spiro atoms. The molecule has 3 nitrogen and oxygen atoms in total. The fourth-order valence-electron chi connectivity index (χ4n) is 1.45. The topological polar surface area (TPSA) is 60.7 Å². The SMILES string of the molecule is CCCCCCCC(C)(O)C(O)CO. The first-order valence-electron chi connectivity index (χ1n) is 5.56. The summed E-state index contributed by atoms with van der Waals surface area (Å²) in [4.78, 5) is 0. The van der Waals surface area contributed by atoms with Gasteiger partial charge in [-0.15, -0.1) is 0 Å². The molecule has 0 aliphatic carbocycles. The average molecular weight is 204 g/mol. The van der Waals surface area contributed by atoms with Crippen molar-refractivity contribution in [3.05, 3.63) is 0 Å². The number of hydrogen-bond acceptors (Lipinski definition) is 3. The number of unbranched alkanes of at least 4 members (excludes halogenated alkanes) is 4. The molecule has 0 amide bonds. The Balaban J connectivity index is 3.55. The smallest absolute Gasteiger partial charge is 0.105 e. The van der Waals surface area contributed by atoms with Gasteiger partial charge in [-0.05, 0) is 13.3 Å². The Morgan fingerprint density at radius 1 is 1.14 bits per heavy atom. The van der Waals surface area contributed by atoms with Crippen LogP contribution in [0.4, 0.5) is 0 Å². The molecule has 3 heteroatoms. The third-order valence-corrected chi connectivity index (χ3v) is 2.68. The van der Waals surface area contributed by atoms with Crippen molar-refractivity contribution in [3.63, 3.8) is 0 Å². The molecule has 86 valence electrons. The maximum Gasteiger partial charge on any atom is 0.105 e. The monoisotopic (exact) mass is 204 g/mol. The van der Waals surface area contributed by atoms with Crippen LogP contribution in [0.1, 0.15) is 52.4 Å². The summed E-state index contributed by atoms with van der Waals surface area (Å²) in [5.41, 5.74) is -1.14. The summed E-state index contributed by atoms with van der Waals surface area (Å²) in [6.45, 7) is 3.36. The molecule has 0 saturated carbocycles. The molecular weight excluding hydrogens is 180 g/mol. The third kappa shape index (κ3) is 5.58. The van der Waals surface area contributed by atoms with Crippen LogP contribution in [0, 0.1) is 0 Å². The van der Waals surface area contributed by atoms with Gasteiger partial charge in [-0.1, -0.05) is 39.0 Å². The predicted octanol–water partition coefficient (Wildman–Crippen LogP) is 1.45. The average Bonchev–Trinajstić information content (AvgIpc) is 2.16. The first-order chi connectivity index (χ1) is 6.54. The summed E-state index contributed by atoms with van der Waals surface area (Å²) in [5, 5.41) is 27.7. The molecule has 0 saturated heterocycles. The molecule has 0 aliphatic rings. The Kier molecular flexibility index (Phi) is 7.15. The van der Waals surface area contributed by atoms with Gasteiger partial charge in [0.25, 0.3) is 0 Å². The van der Waals surface area contributed by atoms with Gasteiger partial charge in [0.15, 0.2) is 0 Å². The van der Waals surface area contributed by atoms with Gasteiger partial charge < -0.3 is 15.3 Å². The molecule has 0 aliphatic heterocycles. The molecule has 0 aromatic heterocycles. The minimum absolute atomic E-state index is 0.373. The van der Waals surface area contributed by atoms with Gasteiger partial charge in [0, 0.05) is 0 Å². The largest absolute Gasteiger partial charge is 0.394 e. The number of aliphatic hydroxyl groups excluding tert-OH is 2. The van der Waals surface area contributed by atoms with Gasteiger partial charge in [-0.25, -0.2) is 0 Å². The molecule has 2 unspecified atom stereocenters. The van der Waals surface area contributed by atoms with Gasteiger partial charge in [-0.2, -0.15) is 0 Å². The number of aliphatic hydroxyl groups is 3. The van der Waals surface area contributed by atoms with Crippen molar-refractivity contribution in [2.75, 3.05) is 6.61 Å². The highest BCUT2D eigenvalue weighted by molar-refractivity contribution is 4.80. The van der Waals surface area contributed by atoms with E-state index in [2.05, 4.69) is 6.92 Å². The van der Waals surface area contributed by atoms with E-state index >= 15 is 0 Å². The molecule has 0 fully saturated rings. The highest BCUT2D eigenvalue weighted by Gasteiger charge is 2.28. The molecule has 3 N–H and O–H groups in total. The van der Waals surface area contributed by atoms with E-state index in [4.69, 9.17) is 5.11 Å². The Hall–Kier alpha value is -0.120. The fourth-order valence-corrected chi connectivity index (χ4v) is 1.45. The van der Waals surface area contributed by atoms with E-state index < -0.39 is 11.7 Å². The van der Waals surface area contributed by atoms with Crippen LogP contribution < -0.4 is 0 Å². The first-order valence-corrected chi connectivity index (χ1v) is 5.56. The zero-order valence-corrected chi connectivity index (χ0v) is 9.37. The van der Waals surface area contributed by atoms with Crippen molar-refractivity contribution in [2.24, 2.45) is 0 Å². The van der Waals surface area contributed by atoms with E-state index in [1.807, 2.05) is 0 Å². The lowest BCUT2D eigenvalue weighted by molar-refractivity contribution is -0.0882. The van der Waals surface area contributed by atoms with Crippen molar-refractivity contribution >= 4 is 0 Å². The van der Waals surface area contributed by atoms with Crippen LogP contribution >= 0.6 is 0 Å². The van der Waals surface area contributed by atoms with Gasteiger partial charge in [0.05, 0.1) is 12.2 Å². The lowest BCUT2D eigenvalue weighted by Gasteiger charge is -2.27. The summed E-state index contributed by atoms with van der Waals surface area (Å²) >= 11 is 0. The minimum atomic E-state index is -1.14. The highest BCUT2D eigenvalue weighted by atomic mass is 16.4.